The number of nitrogens with zero attached hydrogens (tertiary/aromatic N) is 1. The van der Waals surface area contributed by atoms with E-state index in [0.717, 1.165) is 0 Å². The molecule has 0 saturated carbocycles. The van der Waals surface area contributed by atoms with Crippen LogP contribution >= 0.6 is 11.6 Å². The molecular weight excluding hydrogens is 342 g/mol. The zero-order valence-corrected chi connectivity index (χ0v) is 14.0. The second kappa shape index (κ2) is 7.36. The minimum absolute atomic E-state index is 0.0829. The molecule has 6 nitrogen and oxygen atoms in total. The van der Waals surface area contributed by atoms with Crippen LogP contribution in [0.3, 0.4) is 0 Å². The third-order valence-electron chi connectivity index (χ3n) is 3.95. The molecule has 3 amide bonds. The average Bonchev–Trinajstić information content (AvgIpc) is 3.02. The van der Waals surface area contributed by atoms with Gasteiger partial charge in [0.2, 0.25) is 11.8 Å². The Balaban J connectivity index is 1.58. The van der Waals surface area contributed by atoms with E-state index in [1.54, 1.807) is 54.6 Å². The van der Waals surface area contributed by atoms with Crippen molar-refractivity contribution in [2.75, 3.05) is 11.4 Å². The molecule has 1 heterocycles. The van der Waals surface area contributed by atoms with Crippen LogP contribution in [-0.2, 0) is 9.59 Å². The lowest BCUT2D eigenvalue weighted by Gasteiger charge is -2.17. The first-order chi connectivity index (χ1) is 12.0. The highest BCUT2D eigenvalue weighted by Crippen LogP contribution is 2.27. The van der Waals surface area contributed by atoms with Gasteiger partial charge in [-0.1, -0.05) is 35.9 Å². The van der Waals surface area contributed by atoms with E-state index >= 15 is 0 Å². The minimum atomic E-state index is -0.539. The molecule has 3 rings (SSSR count). The first-order valence-corrected chi connectivity index (χ1v) is 8.13. The zero-order chi connectivity index (χ0) is 17.8. The van der Waals surface area contributed by atoms with Gasteiger partial charge in [0.15, 0.2) is 0 Å². The molecule has 128 valence electrons. The molecule has 2 N–H and O–H groups in total. The summed E-state index contributed by atoms with van der Waals surface area (Å²) in [6, 6.07) is 15.4. The highest BCUT2D eigenvalue weighted by atomic mass is 35.5. The monoisotopic (exact) mass is 357 g/mol. The quantitative estimate of drug-likeness (QED) is 0.826. The van der Waals surface area contributed by atoms with Crippen LogP contribution in [0.15, 0.2) is 54.6 Å². The molecule has 1 fully saturated rings. The Hall–Kier alpha value is -2.86. The first-order valence-electron chi connectivity index (χ1n) is 7.76. The van der Waals surface area contributed by atoms with E-state index in [2.05, 4.69) is 10.9 Å². The molecule has 1 atom stereocenters. The molecule has 0 spiro atoms. The summed E-state index contributed by atoms with van der Waals surface area (Å²) in [7, 11) is 0. The predicted molar refractivity (Wildman–Crippen MR) is 94.0 cm³/mol. The molecule has 1 saturated heterocycles. The van der Waals surface area contributed by atoms with Crippen molar-refractivity contribution < 1.29 is 14.4 Å². The van der Waals surface area contributed by atoms with Gasteiger partial charge in [-0.05, 0) is 30.3 Å². The Kier molecular flexibility index (Phi) is 5.00. The maximum absolute atomic E-state index is 12.2. The first kappa shape index (κ1) is 17.0. The summed E-state index contributed by atoms with van der Waals surface area (Å²) in [5.41, 5.74) is 5.84. The molecule has 0 unspecified atom stereocenters. The van der Waals surface area contributed by atoms with E-state index in [9.17, 15) is 14.4 Å². The van der Waals surface area contributed by atoms with Crippen LogP contribution in [0.1, 0.15) is 16.8 Å². The Morgan fingerprint density at radius 3 is 2.52 bits per heavy atom. The molecule has 25 heavy (non-hydrogen) atoms. The van der Waals surface area contributed by atoms with Gasteiger partial charge >= 0.3 is 0 Å². The van der Waals surface area contributed by atoms with Gasteiger partial charge < -0.3 is 4.90 Å². The van der Waals surface area contributed by atoms with Crippen molar-refractivity contribution >= 4 is 35.0 Å². The highest BCUT2D eigenvalue weighted by molar-refractivity contribution is 6.31. The number of carbonyl (C=O) groups is 3. The topological polar surface area (TPSA) is 78.5 Å². The van der Waals surface area contributed by atoms with Gasteiger partial charge in [-0.25, -0.2) is 0 Å². The van der Waals surface area contributed by atoms with Gasteiger partial charge in [-0.15, -0.1) is 0 Å². The lowest BCUT2D eigenvalue weighted by Crippen LogP contribution is -2.45. The Morgan fingerprint density at radius 2 is 1.80 bits per heavy atom. The van der Waals surface area contributed by atoms with E-state index in [4.69, 9.17) is 11.6 Å². The standard InChI is InChI=1S/C18H16ClN3O3/c19-14-7-4-8-15(10-14)22-11-13(9-16(22)23)18(25)21-20-17(24)12-5-2-1-3-6-12/h1-8,10,13H,9,11H2,(H,20,24)(H,21,25)/t13-/m0/s1. The molecule has 2 aromatic carbocycles. The number of carbonyl (C=O) groups excluding carboxylic acids is 3. The Morgan fingerprint density at radius 1 is 1.04 bits per heavy atom. The molecule has 7 heteroatoms. The van der Waals surface area contributed by atoms with Crippen molar-refractivity contribution in [2.24, 2.45) is 5.92 Å². The molecule has 2 aromatic rings. The van der Waals surface area contributed by atoms with Gasteiger partial charge in [-0.2, -0.15) is 0 Å². The summed E-state index contributed by atoms with van der Waals surface area (Å²) in [6.45, 7) is 0.242. The molecular formula is C18H16ClN3O3. The number of hydrazine groups is 1. The fourth-order valence-corrected chi connectivity index (χ4v) is 2.84. The summed E-state index contributed by atoms with van der Waals surface area (Å²) in [5.74, 6) is -1.51. The number of anilines is 1. The number of nitrogens with one attached hydrogen (secondary N) is 2. The van der Waals surface area contributed by atoms with Crippen molar-refractivity contribution in [2.45, 2.75) is 6.42 Å². The van der Waals surface area contributed by atoms with Crippen molar-refractivity contribution in [3.05, 3.63) is 65.2 Å². The number of hydrogen-bond donors (Lipinski definition) is 2. The molecule has 1 aliphatic rings. The zero-order valence-electron chi connectivity index (χ0n) is 13.2. The maximum Gasteiger partial charge on any atom is 0.269 e. The van der Waals surface area contributed by atoms with Crippen LogP contribution in [0.4, 0.5) is 5.69 Å². The van der Waals surface area contributed by atoms with Crippen molar-refractivity contribution in [3.63, 3.8) is 0 Å². The largest absolute Gasteiger partial charge is 0.312 e. The van der Waals surface area contributed by atoms with Crippen molar-refractivity contribution in [3.8, 4) is 0 Å². The van der Waals surface area contributed by atoms with Crippen molar-refractivity contribution in [1.82, 2.24) is 10.9 Å². The fraction of sp³-hybridized carbons (Fsp3) is 0.167. The summed E-state index contributed by atoms with van der Waals surface area (Å²) < 4.78 is 0. The third kappa shape index (κ3) is 3.97. The molecule has 0 bridgehead atoms. The fourth-order valence-electron chi connectivity index (χ4n) is 2.66. The smallest absolute Gasteiger partial charge is 0.269 e. The second-order valence-electron chi connectivity index (χ2n) is 5.69. The third-order valence-corrected chi connectivity index (χ3v) is 4.19. The number of hydrogen-bond acceptors (Lipinski definition) is 3. The summed E-state index contributed by atoms with van der Waals surface area (Å²) >= 11 is 5.95. The van der Waals surface area contributed by atoms with Gasteiger partial charge in [0, 0.05) is 29.2 Å². The summed E-state index contributed by atoms with van der Waals surface area (Å²) in [4.78, 5) is 37.9. The lowest BCUT2D eigenvalue weighted by atomic mass is 10.1. The van der Waals surface area contributed by atoms with Crippen LogP contribution in [-0.4, -0.2) is 24.3 Å². The van der Waals surface area contributed by atoms with Crippen LogP contribution in [0, 0.1) is 5.92 Å². The number of amides is 3. The van der Waals surface area contributed by atoms with Crippen LogP contribution in [0.25, 0.3) is 0 Å². The van der Waals surface area contributed by atoms with Gasteiger partial charge in [0.1, 0.15) is 0 Å². The van der Waals surface area contributed by atoms with Crippen LogP contribution < -0.4 is 15.8 Å². The minimum Gasteiger partial charge on any atom is -0.312 e. The molecule has 0 radical (unpaired) electrons. The Labute approximate surface area is 149 Å². The number of halogens is 1. The lowest BCUT2D eigenvalue weighted by molar-refractivity contribution is -0.126. The molecule has 1 aliphatic heterocycles. The summed E-state index contributed by atoms with van der Waals surface area (Å²) in [5, 5.41) is 0.522. The summed E-state index contributed by atoms with van der Waals surface area (Å²) in [6.07, 6.45) is 0.0829. The van der Waals surface area contributed by atoms with Crippen LogP contribution in [0.2, 0.25) is 5.02 Å². The predicted octanol–water partition coefficient (Wildman–Crippen LogP) is 2.15. The normalized spacial score (nSPS) is 16.6. The maximum atomic E-state index is 12.2. The average molecular weight is 358 g/mol. The van der Waals surface area contributed by atoms with E-state index in [0.29, 0.717) is 16.3 Å². The molecule has 0 aromatic heterocycles. The van der Waals surface area contributed by atoms with Gasteiger partial charge in [0.25, 0.3) is 5.91 Å². The number of rotatable bonds is 3. The van der Waals surface area contributed by atoms with Crippen molar-refractivity contribution in [1.29, 1.82) is 0 Å². The van der Waals surface area contributed by atoms with E-state index in [-0.39, 0.29) is 18.9 Å². The van der Waals surface area contributed by atoms with E-state index < -0.39 is 17.7 Å². The number of benzene rings is 2. The van der Waals surface area contributed by atoms with Crippen LogP contribution in [0.5, 0.6) is 0 Å². The van der Waals surface area contributed by atoms with E-state index in [1.165, 1.54) is 4.90 Å². The van der Waals surface area contributed by atoms with Gasteiger partial charge in [-0.3, -0.25) is 25.2 Å². The second-order valence-corrected chi connectivity index (χ2v) is 6.13. The van der Waals surface area contributed by atoms with Gasteiger partial charge in [0.05, 0.1) is 5.92 Å². The van der Waals surface area contributed by atoms with E-state index in [1.807, 2.05) is 0 Å². The Bertz CT molecular complexity index is 810. The molecule has 0 aliphatic carbocycles. The highest BCUT2D eigenvalue weighted by Gasteiger charge is 2.35. The SMILES string of the molecule is O=C(NNC(=O)[C@H]1CC(=O)N(c2cccc(Cl)c2)C1)c1ccccc1.